The van der Waals surface area contributed by atoms with Gasteiger partial charge < -0.3 is 0 Å². The number of aryl methyl sites for hydroxylation is 1. The minimum absolute atomic E-state index is 1.05. The Labute approximate surface area is 65.0 Å². The summed E-state index contributed by atoms with van der Waals surface area (Å²) in [7, 11) is 0. The van der Waals surface area contributed by atoms with Crippen molar-refractivity contribution in [3.05, 3.63) is 40.7 Å². The lowest BCUT2D eigenvalue weighted by Gasteiger charge is -1.92. The molecule has 0 aliphatic heterocycles. The quantitative estimate of drug-likeness (QED) is 0.439. The van der Waals surface area contributed by atoms with Gasteiger partial charge in [-0.3, -0.25) is 0 Å². The molecule has 1 nitrogen and oxygen atoms in total. The standard InChI is InChI=1S/C8H7NS/c1-7-5-3-4-6-8(7)10-9-2/h3-6H,1H3. The normalized spacial score (nSPS) is 8.80. The van der Waals surface area contributed by atoms with Crippen LogP contribution in [0.25, 0.3) is 4.25 Å². The highest BCUT2D eigenvalue weighted by molar-refractivity contribution is 8.01. The van der Waals surface area contributed by atoms with E-state index in [1.165, 1.54) is 17.5 Å². The summed E-state index contributed by atoms with van der Waals surface area (Å²) in [6.07, 6.45) is 0. The smallest absolute Gasteiger partial charge is 0.223 e. The van der Waals surface area contributed by atoms with Gasteiger partial charge in [0.15, 0.2) is 0 Å². The van der Waals surface area contributed by atoms with E-state index in [1.54, 1.807) is 0 Å². The summed E-state index contributed by atoms with van der Waals surface area (Å²) < 4.78 is 3.23. The van der Waals surface area contributed by atoms with Crippen molar-refractivity contribution in [3.63, 3.8) is 0 Å². The van der Waals surface area contributed by atoms with Crippen molar-refractivity contribution < 1.29 is 0 Å². The second kappa shape index (κ2) is 3.28. The van der Waals surface area contributed by atoms with Gasteiger partial charge in [-0.15, -0.1) is 0 Å². The Bertz CT molecular complexity index is 262. The molecule has 50 valence electrons. The van der Waals surface area contributed by atoms with Crippen molar-refractivity contribution in [2.24, 2.45) is 0 Å². The molecule has 0 aliphatic rings. The monoisotopic (exact) mass is 149 g/mol. The highest BCUT2D eigenvalue weighted by Gasteiger charge is 1.99. The van der Waals surface area contributed by atoms with Crippen LogP contribution in [0.4, 0.5) is 0 Å². The third kappa shape index (κ3) is 1.52. The summed E-state index contributed by atoms with van der Waals surface area (Å²) in [6.45, 7) is 8.63. The van der Waals surface area contributed by atoms with Crippen LogP contribution in [-0.4, -0.2) is 0 Å². The number of rotatable bonds is 1. The molecule has 0 aliphatic carbocycles. The maximum atomic E-state index is 6.62. The molecule has 10 heavy (non-hydrogen) atoms. The van der Waals surface area contributed by atoms with Crippen molar-refractivity contribution >= 4 is 11.9 Å². The summed E-state index contributed by atoms with van der Waals surface area (Å²) in [5.74, 6) is 0. The fraction of sp³-hybridized carbons (Fsp3) is 0.125. The zero-order valence-corrected chi connectivity index (χ0v) is 6.48. The van der Waals surface area contributed by atoms with Crippen LogP contribution in [0.1, 0.15) is 5.56 Å². The molecule has 0 atom stereocenters. The molecule has 1 aromatic rings. The first-order valence-electron chi connectivity index (χ1n) is 2.94. The summed E-state index contributed by atoms with van der Waals surface area (Å²) in [4.78, 5) is 1.05. The molecule has 0 spiro atoms. The maximum Gasteiger partial charge on any atom is 0.294 e. The molecular weight excluding hydrogens is 142 g/mol. The molecule has 1 aromatic carbocycles. The van der Waals surface area contributed by atoms with Gasteiger partial charge in [-0.1, -0.05) is 18.2 Å². The van der Waals surface area contributed by atoms with Crippen LogP contribution in [0.5, 0.6) is 0 Å². The molecule has 0 amide bonds. The lowest BCUT2D eigenvalue weighted by atomic mass is 10.2. The summed E-state index contributed by atoms with van der Waals surface area (Å²) in [5.41, 5.74) is 1.17. The third-order valence-corrected chi connectivity index (χ3v) is 1.98. The third-order valence-electron chi connectivity index (χ3n) is 1.24. The van der Waals surface area contributed by atoms with Gasteiger partial charge in [0.2, 0.25) is 0 Å². The summed E-state index contributed by atoms with van der Waals surface area (Å²) in [6, 6.07) is 7.88. The van der Waals surface area contributed by atoms with Gasteiger partial charge in [0.05, 0.1) is 4.90 Å². The lowest BCUT2D eigenvalue weighted by Crippen LogP contribution is -1.73. The average Bonchev–Trinajstić information content (AvgIpc) is 1.94. The van der Waals surface area contributed by atoms with E-state index in [-0.39, 0.29) is 0 Å². The fourth-order valence-corrected chi connectivity index (χ4v) is 1.16. The van der Waals surface area contributed by atoms with E-state index in [0.717, 1.165) is 4.90 Å². The van der Waals surface area contributed by atoms with Crippen molar-refractivity contribution in [3.8, 4) is 0 Å². The molecule has 0 unspecified atom stereocenters. The van der Waals surface area contributed by atoms with Crippen LogP contribution >= 0.6 is 11.9 Å². The highest BCUT2D eigenvalue weighted by Crippen LogP contribution is 2.21. The van der Waals surface area contributed by atoms with E-state index in [0.29, 0.717) is 0 Å². The fourth-order valence-electron chi connectivity index (χ4n) is 0.708. The summed E-state index contributed by atoms with van der Waals surface area (Å²) >= 11 is 1.19. The highest BCUT2D eigenvalue weighted by atomic mass is 32.2. The van der Waals surface area contributed by atoms with Crippen molar-refractivity contribution in [2.75, 3.05) is 0 Å². The second-order valence-electron chi connectivity index (χ2n) is 1.95. The van der Waals surface area contributed by atoms with E-state index in [1.807, 2.05) is 31.2 Å². The number of hydrogen-bond acceptors (Lipinski definition) is 1. The van der Waals surface area contributed by atoms with Crippen LogP contribution in [0.3, 0.4) is 0 Å². The Morgan fingerprint density at radius 2 is 2.10 bits per heavy atom. The van der Waals surface area contributed by atoms with Crippen LogP contribution < -0.4 is 0 Å². The molecule has 0 N–H and O–H groups in total. The second-order valence-corrected chi connectivity index (χ2v) is 2.75. The van der Waals surface area contributed by atoms with E-state index >= 15 is 0 Å². The van der Waals surface area contributed by atoms with Crippen molar-refractivity contribution in [1.29, 1.82) is 0 Å². The zero-order valence-electron chi connectivity index (χ0n) is 5.66. The molecule has 1 rings (SSSR count). The first kappa shape index (κ1) is 7.17. The average molecular weight is 149 g/mol. The first-order valence-corrected chi connectivity index (χ1v) is 3.71. The van der Waals surface area contributed by atoms with Crippen LogP contribution in [0.15, 0.2) is 29.2 Å². The number of hydrogen-bond donors (Lipinski definition) is 0. The van der Waals surface area contributed by atoms with Crippen molar-refractivity contribution in [2.45, 2.75) is 11.8 Å². The van der Waals surface area contributed by atoms with Crippen molar-refractivity contribution in [1.82, 2.24) is 0 Å². The largest absolute Gasteiger partial charge is 0.294 e. The number of benzene rings is 1. The zero-order chi connectivity index (χ0) is 7.40. The van der Waals surface area contributed by atoms with Gasteiger partial charge in [-0.25, -0.2) is 10.8 Å². The van der Waals surface area contributed by atoms with Gasteiger partial charge in [-0.2, -0.15) is 0 Å². The maximum absolute atomic E-state index is 6.62. The lowest BCUT2D eigenvalue weighted by molar-refractivity contribution is 1.31. The van der Waals surface area contributed by atoms with Gasteiger partial charge in [0, 0.05) is 0 Å². The predicted molar refractivity (Wildman–Crippen MR) is 43.6 cm³/mol. The molecular formula is C8H7NS. The van der Waals surface area contributed by atoms with Gasteiger partial charge in [0.25, 0.3) is 11.9 Å². The van der Waals surface area contributed by atoms with E-state index in [9.17, 15) is 0 Å². The summed E-state index contributed by atoms with van der Waals surface area (Å²) in [5, 5.41) is 0. The van der Waals surface area contributed by atoms with Crippen LogP contribution in [0, 0.1) is 13.5 Å². The van der Waals surface area contributed by atoms with Gasteiger partial charge in [0.1, 0.15) is 0 Å². The molecule has 0 radical (unpaired) electrons. The Morgan fingerprint density at radius 1 is 1.40 bits per heavy atom. The van der Waals surface area contributed by atoms with E-state index in [2.05, 4.69) is 4.25 Å². The molecule has 0 bridgehead atoms. The first-order chi connectivity index (χ1) is 4.84. The molecule has 0 fully saturated rings. The van der Waals surface area contributed by atoms with Crippen LogP contribution in [-0.2, 0) is 0 Å². The van der Waals surface area contributed by atoms with Crippen LogP contribution in [0.2, 0.25) is 0 Å². The topological polar surface area (TPSA) is 4.36 Å². The Balaban J connectivity index is 2.94. The van der Waals surface area contributed by atoms with E-state index < -0.39 is 0 Å². The predicted octanol–water partition coefficient (Wildman–Crippen LogP) is 2.92. The molecule has 0 saturated heterocycles. The Morgan fingerprint density at radius 3 is 2.70 bits per heavy atom. The molecule has 0 heterocycles. The number of nitrogens with zero attached hydrogens (tertiary/aromatic N) is 1. The molecule has 0 saturated carbocycles. The van der Waals surface area contributed by atoms with E-state index in [4.69, 9.17) is 6.57 Å². The minimum atomic E-state index is 1.05. The minimum Gasteiger partial charge on any atom is -0.223 e. The Hall–Kier alpha value is -0.940. The van der Waals surface area contributed by atoms with Gasteiger partial charge in [-0.05, 0) is 18.6 Å². The molecule has 2 heteroatoms. The SMILES string of the molecule is [C-]#[N+]Sc1ccccc1C. The molecule has 0 aromatic heterocycles. The van der Waals surface area contributed by atoms with Gasteiger partial charge >= 0.3 is 0 Å². The Kier molecular flexibility index (Phi) is 2.35.